The molecule has 1 fully saturated rings. The van der Waals surface area contributed by atoms with E-state index in [1.165, 1.54) is 0 Å². The van der Waals surface area contributed by atoms with Gasteiger partial charge in [0.1, 0.15) is 5.65 Å². The molecule has 150 valence electrons. The fourth-order valence-corrected chi connectivity index (χ4v) is 4.16. The van der Waals surface area contributed by atoms with Crippen LogP contribution in [0.1, 0.15) is 28.9 Å². The van der Waals surface area contributed by atoms with Crippen LogP contribution < -0.4 is 10.6 Å². The first-order chi connectivity index (χ1) is 12.8. The summed E-state index contributed by atoms with van der Waals surface area (Å²) in [5, 5.41) is 6.50. The van der Waals surface area contributed by atoms with Crippen molar-refractivity contribution in [3.8, 4) is 0 Å². The van der Waals surface area contributed by atoms with Crippen LogP contribution in [0.4, 0.5) is 0 Å². The second-order valence-electron chi connectivity index (χ2n) is 6.50. The number of fused-ring (bicyclic) bond motifs is 1. The average Bonchev–Trinajstić information content (AvgIpc) is 3.10. The summed E-state index contributed by atoms with van der Waals surface area (Å²) in [7, 11) is 0. The Morgan fingerprint density at radius 1 is 1.21 bits per heavy atom. The number of pyridine rings is 1. The molecule has 1 amide bonds. The number of carbonyl (C=O) groups excluding carboxylic acids is 1. The largest absolute Gasteiger partial charge is 0.348 e. The summed E-state index contributed by atoms with van der Waals surface area (Å²) < 4.78 is 2.02. The van der Waals surface area contributed by atoms with Gasteiger partial charge in [-0.3, -0.25) is 4.79 Å². The molecule has 0 saturated carbocycles. The fraction of sp³-hybridized carbons (Fsp3) is 0.300. The summed E-state index contributed by atoms with van der Waals surface area (Å²) in [5.41, 5.74) is 2.69. The van der Waals surface area contributed by atoms with E-state index in [0.29, 0.717) is 0 Å². The minimum atomic E-state index is 0. The number of amides is 1. The predicted octanol–water partition coefficient (Wildman–Crippen LogP) is 3.95. The van der Waals surface area contributed by atoms with E-state index in [4.69, 9.17) is 0 Å². The Kier molecular flexibility index (Phi) is 8.63. The van der Waals surface area contributed by atoms with Gasteiger partial charge >= 0.3 is 0 Å². The number of rotatable bonds is 5. The molecule has 1 aromatic carbocycles. The Balaban J connectivity index is 0.00000140. The lowest BCUT2D eigenvalue weighted by atomic mass is 10.1. The Hall–Kier alpha value is -1.73. The van der Waals surface area contributed by atoms with Crippen LogP contribution in [0.15, 0.2) is 59.8 Å². The van der Waals surface area contributed by atoms with Gasteiger partial charge in [-0.2, -0.15) is 0 Å². The maximum atomic E-state index is 12.7. The van der Waals surface area contributed by atoms with Gasteiger partial charge in [-0.15, -0.1) is 36.6 Å². The molecule has 4 rings (SSSR count). The minimum Gasteiger partial charge on any atom is -0.348 e. The molecule has 5 nitrogen and oxygen atoms in total. The Labute approximate surface area is 181 Å². The van der Waals surface area contributed by atoms with E-state index < -0.39 is 0 Å². The lowest BCUT2D eigenvalue weighted by Crippen LogP contribution is -2.45. The number of hydrogen-bond acceptors (Lipinski definition) is 4. The van der Waals surface area contributed by atoms with E-state index in [2.05, 4.69) is 15.6 Å². The molecule has 1 aliphatic rings. The molecule has 2 aromatic heterocycles. The molecule has 28 heavy (non-hydrogen) atoms. The average molecular weight is 439 g/mol. The van der Waals surface area contributed by atoms with Crippen LogP contribution >= 0.6 is 36.6 Å². The quantitative estimate of drug-likeness (QED) is 0.591. The van der Waals surface area contributed by atoms with Crippen LogP contribution in [0.2, 0.25) is 0 Å². The number of aromatic nitrogens is 2. The van der Waals surface area contributed by atoms with E-state index in [1.54, 1.807) is 11.8 Å². The van der Waals surface area contributed by atoms with Crippen LogP contribution in [0.3, 0.4) is 0 Å². The standard InChI is InChI=1S/C20H22N4OS.2ClH/c25-20(23-15-6-5-10-21-12-15)17-7-1-2-8-18(17)26-14-16-13-24-11-4-3-9-19(24)22-16;;/h1-4,7-9,11,13,15,21H,5-6,10,12,14H2,(H,23,25);2*1H. The number of carbonyl (C=O) groups is 1. The number of piperidine rings is 1. The first-order valence-electron chi connectivity index (χ1n) is 8.95. The third-order valence-electron chi connectivity index (χ3n) is 4.55. The zero-order valence-corrected chi connectivity index (χ0v) is 17.8. The maximum Gasteiger partial charge on any atom is 0.252 e. The predicted molar refractivity (Wildman–Crippen MR) is 119 cm³/mol. The third kappa shape index (κ3) is 5.41. The summed E-state index contributed by atoms with van der Waals surface area (Å²) in [5.74, 6) is 0.744. The summed E-state index contributed by atoms with van der Waals surface area (Å²) in [6, 6.07) is 14.0. The van der Waals surface area contributed by atoms with Crippen LogP contribution in [-0.4, -0.2) is 34.4 Å². The molecule has 1 unspecified atom stereocenters. The van der Waals surface area contributed by atoms with Crippen molar-refractivity contribution >= 4 is 48.1 Å². The van der Waals surface area contributed by atoms with Gasteiger partial charge < -0.3 is 15.0 Å². The van der Waals surface area contributed by atoms with E-state index in [0.717, 1.165) is 53.5 Å². The Bertz CT molecular complexity index is 879. The van der Waals surface area contributed by atoms with E-state index >= 15 is 0 Å². The van der Waals surface area contributed by atoms with Gasteiger partial charge in [0.25, 0.3) is 5.91 Å². The van der Waals surface area contributed by atoms with Crippen LogP contribution in [0, 0.1) is 0 Å². The summed E-state index contributed by atoms with van der Waals surface area (Å²) in [4.78, 5) is 18.3. The number of thioether (sulfide) groups is 1. The molecule has 1 atom stereocenters. The van der Waals surface area contributed by atoms with Gasteiger partial charge in [-0.1, -0.05) is 18.2 Å². The van der Waals surface area contributed by atoms with Gasteiger partial charge in [0.15, 0.2) is 0 Å². The minimum absolute atomic E-state index is 0. The van der Waals surface area contributed by atoms with Crippen molar-refractivity contribution in [2.24, 2.45) is 0 Å². The van der Waals surface area contributed by atoms with Crippen LogP contribution in [0.5, 0.6) is 0 Å². The Morgan fingerprint density at radius 2 is 2.04 bits per heavy atom. The number of hydrogen-bond donors (Lipinski definition) is 2. The van der Waals surface area contributed by atoms with Gasteiger partial charge in [-0.25, -0.2) is 4.98 Å². The number of nitrogens with zero attached hydrogens (tertiary/aromatic N) is 2. The topological polar surface area (TPSA) is 58.4 Å². The smallest absolute Gasteiger partial charge is 0.252 e. The highest BCUT2D eigenvalue weighted by Crippen LogP contribution is 2.26. The summed E-state index contributed by atoms with van der Waals surface area (Å²) >= 11 is 1.65. The van der Waals surface area contributed by atoms with Crippen molar-refractivity contribution in [2.75, 3.05) is 13.1 Å². The van der Waals surface area contributed by atoms with Gasteiger partial charge in [0.2, 0.25) is 0 Å². The van der Waals surface area contributed by atoms with Crippen molar-refractivity contribution in [1.29, 1.82) is 0 Å². The number of halogens is 2. The van der Waals surface area contributed by atoms with Gasteiger partial charge in [0, 0.05) is 35.6 Å². The second kappa shape index (κ2) is 10.7. The van der Waals surface area contributed by atoms with Gasteiger partial charge in [-0.05, 0) is 43.7 Å². The SMILES string of the molecule is Cl.Cl.O=C(NC1CCCNC1)c1ccccc1SCc1cn2ccccc2n1. The molecule has 1 aliphatic heterocycles. The zero-order chi connectivity index (χ0) is 17.8. The van der Waals surface area contributed by atoms with E-state index in [1.807, 2.05) is 59.3 Å². The number of benzene rings is 1. The van der Waals surface area contributed by atoms with Crippen molar-refractivity contribution in [3.63, 3.8) is 0 Å². The lowest BCUT2D eigenvalue weighted by molar-refractivity contribution is 0.0927. The highest BCUT2D eigenvalue weighted by Gasteiger charge is 2.18. The fourth-order valence-electron chi connectivity index (χ4n) is 3.23. The zero-order valence-electron chi connectivity index (χ0n) is 15.3. The van der Waals surface area contributed by atoms with Crippen molar-refractivity contribution < 1.29 is 4.79 Å². The third-order valence-corrected chi connectivity index (χ3v) is 5.66. The molecule has 1 saturated heterocycles. The normalized spacial score (nSPS) is 16.1. The van der Waals surface area contributed by atoms with Crippen molar-refractivity contribution in [3.05, 3.63) is 66.1 Å². The first kappa shape index (κ1) is 22.6. The van der Waals surface area contributed by atoms with Gasteiger partial charge in [0.05, 0.1) is 11.3 Å². The van der Waals surface area contributed by atoms with Crippen molar-refractivity contribution in [1.82, 2.24) is 20.0 Å². The highest BCUT2D eigenvalue weighted by molar-refractivity contribution is 7.98. The second-order valence-corrected chi connectivity index (χ2v) is 7.52. The number of imidazole rings is 1. The van der Waals surface area contributed by atoms with Crippen molar-refractivity contribution in [2.45, 2.75) is 29.5 Å². The highest BCUT2D eigenvalue weighted by atomic mass is 35.5. The number of nitrogens with one attached hydrogen (secondary N) is 2. The van der Waals surface area contributed by atoms with Crippen LogP contribution in [-0.2, 0) is 5.75 Å². The molecular weight excluding hydrogens is 415 g/mol. The van der Waals surface area contributed by atoms with E-state index in [-0.39, 0.29) is 36.8 Å². The molecule has 8 heteroatoms. The molecule has 0 radical (unpaired) electrons. The molecule has 0 aliphatic carbocycles. The van der Waals surface area contributed by atoms with E-state index in [9.17, 15) is 4.79 Å². The summed E-state index contributed by atoms with van der Waals surface area (Å²) in [6.07, 6.45) is 6.18. The summed E-state index contributed by atoms with van der Waals surface area (Å²) in [6.45, 7) is 1.89. The maximum absolute atomic E-state index is 12.7. The molecule has 3 heterocycles. The molecule has 2 N–H and O–H groups in total. The monoisotopic (exact) mass is 438 g/mol. The first-order valence-corrected chi connectivity index (χ1v) is 9.94. The Morgan fingerprint density at radius 3 is 2.82 bits per heavy atom. The molecular formula is C20H24Cl2N4OS. The molecule has 3 aromatic rings. The van der Waals surface area contributed by atoms with Crippen LogP contribution in [0.25, 0.3) is 5.65 Å². The molecule has 0 spiro atoms. The molecule has 0 bridgehead atoms. The lowest BCUT2D eigenvalue weighted by Gasteiger charge is -2.24.